The van der Waals surface area contributed by atoms with E-state index in [9.17, 15) is 12.8 Å². The molecular formula is C13H19FN2O2S2. The van der Waals surface area contributed by atoms with Gasteiger partial charge in [-0.1, -0.05) is 6.42 Å². The lowest BCUT2D eigenvalue weighted by molar-refractivity contribution is 0.362. The highest BCUT2D eigenvalue weighted by Gasteiger charge is 2.37. The Hall–Kier alpha value is -0.790. The van der Waals surface area contributed by atoms with Crippen molar-refractivity contribution in [2.24, 2.45) is 0 Å². The van der Waals surface area contributed by atoms with Gasteiger partial charge in [0.15, 0.2) is 0 Å². The van der Waals surface area contributed by atoms with Crippen LogP contribution in [0.3, 0.4) is 0 Å². The van der Waals surface area contributed by atoms with E-state index in [2.05, 4.69) is 4.72 Å². The summed E-state index contributed by atoms with van der Waals surface area (Å²) in [6.45, 7) is 1.90. The average molecular weight is 318 g/mol. The largest absolute Gasteiger partial charge is 0.396 e. The normalized spacial score (nSPS) is 17.8. The van der Waals surface area contributed by atoms with Gasteiger partial charge in [-0.25, -0.2) is 17.5 Å². The number of rotatable bonds is 5. The highest BCUT2D eigenvalue weighted by atomic mass is 32.2. The van der Waals surface area contributed by atoms with E-state index in [0.717, 1.165) is 25.3 Å². The van der Waals surface area contributed by atoms with Crippen LogP contribution in [0.15, 0.2) is 17.0 Å². The minimum absolute atomic E-state index is 0.00763. The number of hydrogen-bond donors (Lipinski definition) is 2. The van der Waals surface area contributed by atoms with Crippen LogP contribution in [0, 0.1) is 12.7 Å². The zero-order chi connectivity index (χ0) is 15.0. The molecule has 0 amide bonds. The smallest absolute Gasteiger partial charge is 0.240 e. The van der Waals surface area contributed by atoms with Gasteiger partial charge in [0, 0.05) is 11.3 Å². The number of nitrogen functional groups attached to an aromatic ring is 1. The second kappa shape index (κ2) is 5.54. The van der Waals surface area contributed by atoms with E-state index in [1.165, 1.54) is 13.0 Å². The summed E-state index contributed by atoms with van der Waals surface area (Å²) < 4.78 is 40.6. The van der Waals surface area contributed by atoms with Crippen LogP contribution in [0.2, 0.25) is 0 Å². The number of nitrogens with one attached hydrogen (secondary N) is 1. The molecule has 3 N–H and O–H groups in total. The van der Waals surface area contributed by atoms with Crippen LogP contribution < -0.4 is 10.5 Å². The van der Waals surface area contributed by atoms with E-state index >= 15 is 0 Å². The average Bonchev–Trinajstić information content (AvgIpc) is 2.34. The molecule has 4 nitrogen and oxygen atoms in total. The maximum Gasteiger partial charge on any atom is 0.240 e. The first-order chi connectivity index (χ1) is 9.30. The molecule has 7 heteroatoms. The fourth-order valence-electron chi connectivity index (χ4n) is 2.25. The van der Waals surface area contributed by atoms with Gasteiger partial charge in [-0.15, -0.1) is 0 Å². The summed E-state index contributed by atoms with van der Waals surface area (Å²) in [5.41, 5.74) is 5.58. The summed E-state index contributed by atoms with van der Waals surface area (Å²) in [6.07, 6.45) is 5.15. The standard InChI is InChI=1S/C13H19FN2O2S2/c1-9-6-10(7-11(15)12(9)14)20(17,18)16-8-13(19-2)4-3-5-13/h6-7,16H,3-5,8,15H2,1-2H3. The van der Waals surface area contributed by atoms with Crippen LogP contribution in [0.4, 0.5) is 10.1 Å². The second-order valence-corrected chi connectivity index (χ2v) is 8.25. The topological polar surface area (TPSA) is 72.2 Å². The van der Waals surface area contributed by atoms with Crippen LogP contribution in [-0.2, 0) is 10.0 Å². The molecule has 0 bridgehead atoms. The molecule has 0 spiro atoms. The summed E-state index contributed by atoms with van der Waals surface area (Å²) in [7, 11) is -3.65. The molecule has 0 aromatic heterocycles. The van der Waals surface area contributed by atoms with E-state index in [4.69, 9.17) is 5.73 Å². The molecule has 20 heavy (non-hydrogen) atoms. The van der Waals surface area contributed by atoms with Crippen molar-refractivity contribution < 1.29 is 12.8 Å². The predicted octanol–water partition coefficient (Wildman–Crippen LogP) is 2.28. The number of benzene rings is 1. The quantitative estimate of drug-likeness (QED) is 0.817. The molecule has 0 atom stereocenters. The monoisotopic (exact) mass is 318 g/mol. The van der Waals surface area contributed by atoms with Gasteiger partial charge in [0.2, 0.25) is 10.0 Å². The predicted molar refractivity (Wildman–Crippen MR) is 80.8 cm³/mol. The lowest BCUT2D eigenvalue weighted by Gasteiger charge is -2.40. The minimum Gasteiger partial charge on any atom is -0.396 e. The van der Waals surface area contributed by atoms with Gasteiger partial charge >= 0.3 is 0 Å². The lowest BCUT2D eigenvalue weighted by Crippen LogP contribution is -2.45. The van der Waals surface area contributed by atoms with Crippen LogP contribution in [0.5, 0.6) is 0 Å². The molecule has 1 aromatic rings. The van der Waals surface area contributed by atoms with Crippen molar-refractivity contribution >= 4 is 27.5 Å². The van der Waals surface area contributed by atoms with Gasteiger partial charge < -0.3 is 5.73 Å². The summed E-state index contributed by atoms with van der Waals surface area (Å²) in [5.74, 6) is -0.566. The Morgan fingerprint density at radius 2 is 2.10 bits per heavy atom. The fourth-order valence-corrected chi connectivity index (χ4v) is 4.50. The molecule has 0 radical (unpaired) electrons. The molecular weight excluding hydrogens is 299 g/mol. The molecule has 2 rings (SSSR count). The molecule has 1 aromatic carbocycles. The molecule has 1 saturated carbocycles. The van der Waals surface area contributed by atoms with Crippen LogP contribution in [0.1, 0.15) is 24.8 Å². The molecule has 0 saturated heterocycles. The molecule has 1 fully saturated rings. The highest BCUT2D eigenvalue weighted by Crippen LogP contribution is 2.42. The van der Waals surface area contributed by atoms with E-state index in [-0.39, 0.29) is 20.9 Å². The minimum atomic E-state index is -3.65. The second-order valence-electron chi connectivity index (χ2n) is 5.21. The Morgan fingerprint density at radius 1 is 1.45 bits per heavy atom. The Balaban J connectivity index is 2.18. The Kier molecular flexibility index (Phi) is 4.32. The Bertz CT molecular complexity index is 584. The molecule has 0 unspecified atom stereocenters. The van der Waals surface area contributed by atoms with Crippen LogP contribution >= 0.6 is 11.8 Å². The van der Waals surface area contributed by atoms with Crippen LogP contribution in [-0.4, -0.2) is 26.0 Å². The van der Waals surface area contributed by atoms with Crippen molar-refractivity contribution in [2.75, 3.05) is 18.5 Å². The molecule has 0 aliphatic heterocycles. The maximum atomic E-state index is 13.4. The van der Waals surface area contributed by atoms with Gasteiger partial charge in [0.1, 0.15) is 5.82 Å². The lowest BCUT2D eigenvalue weighted by atomic mass is 9.84. The molecule has 112 valence electrons. The first-order valence-corrected chi connectivity index (χ1v) is 9.11. The summed E-state index contributed by atoms with van der Waals surface area (Å²) in [4.78, 5) is 0.0180. The number of thioether (sulfide) groups is 1. The van der Waals surface area contributed by atoms with Gasteiger partial charge in [-0.05, 0) is 43.7 Å². The summed E-state index contributed by atoms with van der Waals surface area (Å²) in [6, 6.07) is 2.47. The first-order valence-electron chi connectivity index (χ1n) is 6.40. The van der Waals surface area contributed by atoms with Crippen molar-refractivity contribution in [3.63, 3.8) is 0 Å². The highest BCUT2D eigenvalue weighted by molar-refractivity contribution is 8.00. The number of halogens is 1. The number of anilines is 1. The van der Waals surface area contributed by atoms with Gasteiger partial charge in [-0.3, -0.25) is 0 Å². The fraction of sp³-hybridized carbons (Fsp3) is 0.538. The third-order valence-corrected chi connectivity index (χ3v) is 6.65. The summed E-state index contributed by atoms with van der Waals surface area (Å²) in [5, 5.41) is 0. The SMILES string of the molecule is CSC1(CNS(=O)(=O)c2cc(C)c(F)c(N)c2)CCC1. The van der Waals surface area contributed by atoms with Crippen LogP contribution in [0.25, 0.3) is 0 Å². The number of sulfonamides is 1. The molecule has 1 aliphatic carbocycles. The third-order valence-electron chi connectivity index (χ3n) is 3.85. The van der Waals surface area contributed by atoms with Gasteiger partial charge in [0.25, 0.3) is 0 Å². The molecule has 1 aliphatic rings. The molecule has 0 heterocycles. The summed E-state index contributed by atoms with van der Waals surface area (Å²) >= 11 is 1.69. The van der Waals surface area contributed by atoms with Crippen molar-refractivity contribution in [1.82, 2.24) is 4.72 Å². The third kappa shape index (κ3) is 2.94. The first kappa shape index (κ1) is 15.6. The van der Waals surface area contributed by atoms with Crippen molar-refractivity contribution in [2.45, 2.75) is 35.8 Å². The zero-order valence-electron chi connectivity index (χ0n) is 11.6. The van der Waals surface area contributed by atoms with Gasteiger partial charge in [-0.2, -0.15) is 11.8 Å². The number of hydrogen-bond acceptors (Lipinski definition) is 4. The van der Waals surface area contributed by atoms with E-state index < -0.39 is 15.8 Å². The Labute approximate surface area is 123 Å². The van der Waals surface area contributed by atoms with Crippen molar-refractivity contribution in [1.29, 1.82) is 0 Å². The maximum absolute atomic E-state index is 13.4. The van der Waals surface area contributed by atoms with E-state index in [1.807, 2.05) is 6.26 Å². The number of nitrogens with two attached hydrogens (primary N) is 1. The Morgan fingerprint density at radius 3 is 2.55 bits per heavy atom. The van der Waals surface area contributed by atoms with E-state index in [1.54, 1.807) is 11.8 Å². The van der Waals surface area contributed by atoms with Gasteiger partial charge in [0.05, 0.1) is 10.6 Å². The van der Waals surface area contributed by atoms with E-state index in [0.29, 0.717) is 6.54 Å². The number of aryl methyl sites for hydroxylation is 1. The van der Waals surface area contributed by atoms with Crippen molar-refractivity contribution in [3.8, 4) is 0 Å². The van der Waals surface area contributed by atoms with Crippen molar-refractivity contribution in [3.05, 3.63) is 23.5 Å². The zero-order valence-corrected chi connectivity index (χ0v) is 13.2.